The molecule has 0 saturated carbocycles. The fourth-order valence-corrected chi connectivity index (χ4v) is 1.78. The van der Waals surface area contributed by atoms with Gasteiger partial charge in [0.1, 0.15) is 17.3 Å². The Labute approximate surface area is 98.2 Å². The van der Waals surface area contributed by atoms with Gasteiger partial charge in [-0.2, -0.15) is 0 Å². The smallest absolute Gasteiger partial charge is 0.231 e. The van der Waals surface area contributed by atoms with Crippen LogP contribution in [-0.4, -0.2) is 28.6 Å². The lowest BCUT2D eigenvalue weighted by molar-refractivity contribution is -0.119. The number of nitrogens with one attached hydrogen (secondary N) is 1. The van der Waals surface area contributed by atoms with E-state index in [1.54, 1.807) is 0 Å². The largest absolute Gasteiger partial charge is 0.378 e. The molecule has 5 nitrogen and oxygen atoms in total. The van der Waals surface area contributed by atoms with Crippen LogP contribution in [0.4, 0.5) is 5.82 Å². The zero-order chi connectivity index (χ0) is 11.5. The summed E-state index contributed by atoms with van der Waals surface area (Å²) in [5.41, 5.74) is 0. The number of carbonyl (C=O) groups excluding carboxylic acids is 1. The maximum Gasteiger partial charge on any atom is 0.231 e. The third-order valence-corrected chi connectivity index (χ3v) is 2.66. The van der Waals surface area contributed by atoms with E-state index in [-0.39, 0.29) is 17.9 Å². The number of aromatic nitrogens is 2. The summed E-state index contributed by atoms with van der Waals surface area (Å²) in [6.45, 7) is 2.42. The molecular weight excluding hydrogens is 230 g/mol. The van der Waals surface area contributed by atoms with Crippen molar-refractivity contribution in [3.05, 3.63) is 17.5 Å². The van der Waals surface area contributed by atoms with E-state index in [2.05, 4.69) is 15.3 Å². The molecule has 1 saturated heterocycles. The predicted octanol–water partition coefficient (Wildman–Crippen LogP) is 1.49. The minimum absolute atomic E-state index is 0.0842. The van der Waals surface area contributed by atoms with Crippen molar-refractivity contribution in [2.24, 2.45) is 5.92 Å². The van der Waals surface area contributed by atoms with Gasteiger partial charge in [-0.1, -0.05) is 11.6 Å². The van der Waals surface area contributed by atoms with Gasteiger partial charge in [0.25, 0.3) is 0 Å². The van der Waals surface area contributed by atoms with Gasteiger partial charge in [-0.15, -0.1) is 0 Å². The standard InChI is InChI=1S/C10H12ClN3O2/c1-6-2-7(4-16-6)10(15)14-9-3-8(11)12-5-13-9/h3,5-7H,2,4H2,1H3,(H,12,13,14,15). The maximum absolute atomic E-state index is 11.8. The predicted molar refractivity (Wildman–Crippen MR) is 59.2 cm³/mol. The minimum Gasteiger partial charge on any atom is -0.378 e. The molecule has 1 aliphatic heterocycles. The van der Waals surface area contributed by atoms with Crippen molar-refractivity contribution in [3.63, 3.8) is 0 Å². The van der Waals surface area contributed by atoms with E-state index in [0.29, 0.717) is 17.6 Å². The van der Waals surface area contributed by atoms with Crippen molar-refractivity contribution >= 4 is 23.3 Å². The summed E-state index contributed by atoms with van der Waals surface area (Å²) in [5, 5.41) is 3.00. The molecule has 0 spiro atoms. The van der Waals surface area contributed by atoms with Crippen LogP contribution in [0, 0.1) is 5.92 Å². The first-order valence-corrected chi connectivity index (χ1v) is 5.43. The summed E-state index contributed by atoms with van der Waals surface area (Å²) < 4.78 is 5.33. The van der Waals surface area contributed by atoms with Gasteiger partial charge in [-0.3, -0.25) is 4.79 Å². The summed E-state index contributed by atoms with van der Waals surface area (Å²) in [4.78, 5) is 19.4. The van der Waals surface area contributed by atoms with Crippen LogP contribution < -0.4 is 5.32 Å². The fraction of sp³-hybridized carbons (Fsp3) is 0.500. The average molecular weight is 242 g/mol. The van der Waals surface area contributed by atoms with E-state index in [0.717, 1.165) is 6.42 Å². The first-order chi connectivity index (χ1) is 7.65. The number of nitrogens with zero attached hydrogens (tertiary/aromatic N) is 2. The molecule has 1 amide bonds. The lowest BCUT2D eigenvalue weighted by atomic mass is 10.1. The molecule has 2 atom stereocenters. The number of anilines is 1. The topological polar surface area (TPSA) is 64.1 Å². The van der Waals surface area contributed by atoms with E-state index in [4.69, 9.17) is 16.3 Å². The van der Waals surface area contributed by atoms with E-state index < -0.39 is 0 Å². The summed E-state index contributed by atoms with van der Waals surface area (Å²) in [7, 11) is 0. The summed E-state index contributed by atoms with van der Waals surface area (Å²) in [6, 6.07) is 1.51. The quantitative estimate of drug-likeness (QED) is 0.797. The molecule has 1 aromatic rings. The number of hydrogen-bond acceptors (Lipinski definition) is 4. The molecule has 16 heavy (non-hydrogen) atoms. The number of hydrogen-bond donors (Lipinski definition) is 1. The molecule has 1 aromatic heterocycles. The Morgan fingerprint density at radius 3 is 3.06 bits per heavy atom. The summed E-state index contributed by atoms with van der Waals surface area (Å²) in [5.74, 6) is 0.229. The lowest BCUT2D eigenvalue weighted by Crippen LogP contribution is -2.23. The molecule has 2 unspecified atom stereocenters. The summed E-state index contributed by atoms with van der Waals surface area (Å²) in [6.07, 6.45) is 2.20. The monoisotopic (exact) mass is 241 g/mol. The van der Waals surface area contributed by atoms with Crippen molar-refractivity contribution in [2.45, 2.75) is 19.4 Å². The van der Waals surface area contributed by atoms with Crippen molar-refractivity contribution in [2.75, 3.05) is 11.9 Å². The van der Waals surface area contributed by atoms with Crippen LogP contribution in [0.5, 0.6) is 0 Å². The minimum atomic E-state index is -0.108. The van der Waals surface area contributed by atoms with Crippen LogP contribution in [-0.2, 0) is 9.53 Å². The molecule has 0 bridgehead atoms. The van der Waals surface area contributed by atoms with Crippen molar-refractivity contribution in [3.8, 4) is 0 Å². The molecule has 86 valence electrons. The van der Waals surface area contributed by atoms with Gasteiger partial charge in [0, 0.05) is 6.07 Å². The van der Waals surface area contributed by atoms with Gasteiger partial charge in [-0.05, 0) is 13.3 Å². The Kier molecular flexibility index (Phi) is 3.36. The fourth-order valence-electron chi connectivity index (χ4n) is 1.63. The molecule has 0 aliphatic carbocycles. The highest BCUT2D eigenvalue weighted by Crippen LogP contribution is 2.20. The molecular formula is C10H12ClN3O2. The first-order valence-electron chi connectivity index (χ1n) is 5.05. The Morgan fingerprint density at radius 2 is 2.44 bits per heavy atom. The third kappa shape index (κ3) is 2.68. The molecule has 6 heteroatoms. The Balaban J connectivity index is 1.97. The van der Waals surface area contributed by atoms with Crippen LogP contribution in [0.2, 0.25) is 5.15 Å². The number of halogens is 1. The maximum atomic E-state index is 11.8. The normalized spacial score (nSPS) is 24.4. The zero-order valence-corrected chi connectivity index (χ0v) is 9.57. The van der Waals surface area contributed by atoms with Gasteiger partial charge >= 0.3 is 0 Å². The number of ether oxygens (including phenoxy) is 1. The van der Waals surface area contributed by atoms with Crippen LogP contribution in [0.1, 0.15) is 13.3 Å². The van der Waals surface area contributed by atoms with E-state index in [1.165, 1.54) is 12.4 Å². The second-order valence-corrected chi connectivity index (χ2v) is 4.18. The molecule has 2 heterocycles. The van der Waals surface area contributed by atoms with Crippen LogP contribution >= 0.6 is 11.6 Å². The van der Waals surface area contributed by atoms with Gasteiger partial charge in [-0.25, -0.2) is 9.97 Å². The Morgan fingerprint density at radius 1 is 1.62 bits per heavy atom. The van der Waals surface area contributed by atoms with E-state index in [9.17, 15) is 4.79 Å². The molecule has 1 N–H and O–H groups in total. The molecule has 1 aliphatic rings. The molecule has 0 aromatic carbocycles. The Hall–Kier alpha value is -1.20. The third-order valence-electron chi connectivity index (χ3n) is 2.45. The van der Waals surface area contributed by atoms with Crippen molar-refractivity contribution < 1.29 is 9.53 Å². The van der Waals surface area contributed by atoms with E-state index >= 15 is 0 Å². The van der Waals surface area contributed by atoms with Crippen LogP contribution in [0.3, 0.4) is 0 Å². The van der Waals surface area contributed by atoms with Crippen molar-refractivity contribution in [1.29, 1.82) is 0 Å². The van der Waals surface area contributed by atoms with Crippen LogP contribution in [0.15, 0.2) is 12.4 Å². The second-order valence-electron chi connectivity index (χ2n) is 3.79. The number of amides is 1. The SMILES string of the molecule is CC1CC(C(=O)Nc2cc(Cl)ncn2)CO1. The second kappa shape index (κ2) is 4.76. The number of carbonyl (C=O) groups is 1. The van der Waals surface area contributed by atoms with Gasteiger partial charge < -0.3 is 10.1 Å². The highest BCUT2D eigenvalue weighted by molar-refractivity contribution is 6.29. The van der Waals surface area contributed by atoms with Gasteiger partial charge in [0.05, 0.1) is 18.6 Å². The molecule has 0 radical (unpaired) electrons. The van der Waals surface area contributed by atoms with Crippen LogP contribution in [0.25, 0.3) is 0 Å². The lowest BCUT2D eigenvalue weighted by Gasteiger charge is -2.08. The highest BCUT2D eigenvalue weighted by atomic mass is 35.5. The van der Waals surface area contributed by atoms with E-state index in [1.807, 2.05) is 6.92 Å². The summed E-state index contributed by atoms with van der Waals surface area (Å²) >= 11 is 5.68. The average Bonchev–Trinajstić information content (AvgIpc) is 2.65. The first kappa shape index (κ1) is 11.3. The molecule has 2 rings (SSSR count). The molecule has 1 fully saturated rings. The van der Waals surface area contributed by atoms with Gasteiger partial charge in [0.2, 0.25) is 5.91 Å². The Bertz CT molecular complexity index is 399. The van der Waals surface area contributed by atoms with Gasteiger partial charge in [0.15, 0.2) is 0 Å². The highest BCUT2D eigenvalue weighted by Gasteiger charge is 2.28. The zero-order valence-electron chi connectivity index (χ0n) is 8.81. The number of rotatable bonds is 2. The van der Waals surface area contributed by atoms with Crippen molar-refractivity contribution in [1.82, 2.24) is 9.97 Å².